The predicted octanol–water partition coefficient (Wildman–Crippen LogP) is 4.79. The van der Waals surface area contributed by atoms with Crippen molar-refractivity contribution in [3.05, 3.63) is 57.9 Å². The van der Waals surface area contributed by atoms with Crippen LogP contribution in [0.4, 0.5) is 0 Å². The van der Waals surface area contributed by atoms with Gasteiger partial charge >= 0.3 is 17.9 Å². The zero-order chi connectivity index (χ0) is 29.0. The molecule has 2 aromatic heterocycles. The first-order valence-electron chi connectivity index (χ1n) is 11.8. The number of nitrogens with zero attached hydrogens (tertiary/aromatic N) is 4. The summed E-state index contributed by atoms with van der Waals surface area (Å²) in [6.45, 7) is 3.46. The summed E-state index contributed by atoms with van der Waals surface area (Å²) in [4.78, 5) is 40.9. The van der Waals surface area contributed by atoms with Crippen LogP contribution in [0.15, 0.2) is 47.8 Å². The molecule has 40 heavy (non-hydrogen) atoms. The van der Waals surface area contributed by atoms with Crippen molar-refractivity contribution in [1.29, 1.82) is 0 Å². The molecule has 0 spiro atoms. The molecule has 3 aromatic rings. The molecular formula is C25H23Cl3N4O7S. The number of benzene rings is 1. The van der Waals surface area contributed by atoms with E-state index in [0.29, 0.717) is 31.2 Å². The number of carbonyl (C=O) groups is 3. The first kappa shape index (κ1) is 30.1. The third-order valence-corrected chi connectivity index (χ3v) is 7.71. The van der Waals surface area contributed by atoms with Crippen LogP contribution in [0.5, 0.6) is 0 Å². The van der Waals surface area contributed by atoms with E-state index in [1.807, 2.05) is 0 Å². The van der Waals surface area contributed by atoms with E-state index < -0.39 is 47.7 Å². The molecule has 0 bridgehead atoms. The molecule has 15 heteroatoms. The quantitative estimate of drug-likeness (QED) is 0.252. The lowest BCUT2D eigenvalue weighted by Gasteiger charge is -2.44. The van der Waals surface area contributed by atoms with Crippen LogP contribution in [0.1, 0.15) is 26.8 Å². The van der Waals surface area contributed by atoms with Gasteiger partial charge in [0.25, 0.3) is 0 Å². The molecule has 0 aliphatic carbocycles. The molecule has 4 rings (SSSR count). The molecule has 1 aliphatic rings. The number of aromatic nitrogens is 4. The van der Waals surface area contributed by atoms with Gasteiger partial charge in [-0.3, -0.25) is 19.4 Å². The zero-order valence-corrected chi connectivity index (χ0v) is 24.4. The van der Waals surface area contributed by atoms with Gasteiger partial charge in [-0.1, -0.05) is 51.8 Å². The summed E-state index contributed by atoms with van der Waals surface area (Å²) in [7, 11) is 0. The van der Waals surface area contributed by atoms with E-state index in [1.54, 1.807) is 36.7 Å². The lowest BCUT2D eigenvalue weighted by Crippen LogP contribution is -2.57. The van der Waals surface area contributed by atoms with Crippen molar-refractivity contribution in [1.82, 2.24) is 20.0 Å². The van der Waals surface area contributed by atoms with Crippen molar-refractivity contribution in [2.75, 3.05) is 6.61 Å². The topological polar surface area (TPSA) is 132 Å². The highest BCUT2D eigenvalue weighted by atomic mass is 35.5. The minimum atomic E-state index is -1.10. The first-order valence-corrected chi connectivity index (χ1v) is 13.8. The fourth-order valence-corrected chi connectivity index (χ4v) is 5.76. The highest BCUT2D eigenvalue weighted by Gasteiger charge is 2.52. The number of ether oxygens (including phenoxy) is 4. The number of carbonyl (C=O) groups excluding carboxylic acids is 3. The Morgan fingerprint density at radius 1 is 0.975 bits per heavy atom. The Hall–Kier alpha value is -2.90. The normalized spacial score (nSPS) is 22.4. The van der Waals surface area contributed by atoms with Crippen molar-refractivity contribution in [3.8, 4) is 11.3 Å². The monoisotopic (exact) mass is 628 g/mol. The van der Waals surface area contributed by atoms with Gasteiger partial charge in [-0.25, -0.2) is 4.68 Å². The number of esters is 3. The lowest BCUT2D eigenvalue weighted by atomic mass is 9.96. The van der Waals surface area contributed by atoms with E-state index in [0.717, 1.165) is 0 Å². The van der Waals surface area contributed by atoms with Gasteiger partial charge in [0.05, 0.1) is 21.3 Å². The Bertz CT molecular complexity index is 1410. The fourth-order valence-electron chi connectivity index (χ4n) is 4.07. The predicted molar refractivity (Wildman–Crippen MR) is 146 cm³/mol. The maximum absolute atomic E-state index is 12.3. The summed E-state index contributed by atoms with van der Waals surface area (Å²) >= 11 is 19.6. The average molecular weight is 630 g/mol. The summed E-state index contributed by atoms with van der Waals surface area (Å²) in [5.74, 6) is -1.81. The molecule has 11 nitrogen and oxygen atoms in total. The molecule has 0 radical (unpaired) electrons. The largest absolute Gasteiger partial charge is 0.463 e. The van der Waals surface area contributed by atoms with Gasteiger partial charge in [0.1, 0.15) is 29.9 Å². The van der Waals surface area contributed by atoms with Crippen LogP contribution in [-0.4, -0.2) is 68.2 Å². The molecule has 5 unspecified atom stereocenters. The smallest absolute Gasteiger partial charge is 0.303 e. The third kappa shape index (κ3) is 7.43. The number of hydrogen-bond donors (Lipinski definition) is 0. The van der Waals surface area contributed by atoms with Crippen LogP contribution in [0, 0.1) is 0 Å². The molecule has 5 atom stereocenters. The van der Waals surface area contributed by atoms with Gasteiger partial charge in [0, 0.05) is 43.6 Å². The van der Waals surface area contributed by atoms with Gasteiger partial charge in [-0.15, -0.1) is 5.10 Å². The van der Waals surface area contributed by atoms with Gasteiger partial charge in [0.15, 0.2) is 12.2 Å². The van der Waals surface area contributed by atoms with Crippen LogP contribution in [0.25, 0.3) is 11.3 Å². The zero-order valence-electron chi connectivity index (χ0n) is 21.3. The summed E-state index contributed by atoms with van der Waals surface area (Å²) in [6, 6.07) is 5.69. The molecule has 0 saturated carbocycles. The van der Waals surface area contributed by atoms with Gasteiger partial charge < -0.3 is 18.9 Å². The number of rotatable bonds is 8. The van der Waals surface area contributed by atoms with Crippen molar-refractivity contribution in [2.45, 2.75) is 55.5 Å². The van der Waals surface area contributed by atoms with Crippen LogP contribution < -0.4 is 0 Å². The molecule has 3 heterocycles. The van der Waals surface area contributed by atoms with E-state index in [9.17, 15) is 14.4 Å². The van der Waals surface area contributed by atoms with E-state index >= 15 is 0 Å². The number of hydrogen-bond acceptors (Lipinski definition) is 11. The maximum atomic E-state index is 12.3. The second-order valence-electron chi connectivity index (χ2n) is 8.65. The Morgan fingerprint density at radius 2 is 1.70 bits per heavy atom. The second-order valence-corrected chi connectivity index (χ2v) is 11.1. The molecule has 1 fully saturated rings. The lowest BCUT2D eigenvalue weighted by molar-refractivity contribution is -0.212. The van der Waals surface area contributed by atoms with Crippen molar-refractivity contribution < 1.29 is 33.3 Å². The Balaban J connectivity index is 1.80. The van der Waals surface area contributed by atoms with E-state index in [-0.39, 0.29) is 6.61 Å². The molecule has 1 aliphatic heterocycles. The number of pyridine rings is 1. The Labute approximate surface area is 248 Å². The Kier molecular flexibility index (Phi) is 9.90. The van der Waals surface area contributed by atoms with Crippen LogP contribution in [0.3, 0.4) is 0 Å². The minimum absolute atomic E-state index is 0.255. The summed E-state index contributed by atoms with van der Waals surface area (Å²) in [5, 5.41) is 9.56. The van der Waals surface area contributed by atoms with Gasteiger partial charge in [0.2, 0.25) is 0 Å². The SMILES string of the molecule is CC(=O)OCC1OC(Sc2ccc(Cl)c(Cl)c2)C(OC(C)=O)C(n2cc(-c3cncc(Cl)c3)nn2)C1OC(C)=O. The van der Waals surface area contributed by atoms with Gasteiger partial charge in [-0.05, 0) is 24.3 Å². The van der Waals surface area contributed by atoms with Crippen LogP contribution >= 0.6 is 46.6 Å². The molecular weight excluding hydrogens is 607 g/mol. The van der Waals surface area contributed by atoms with Crippen molar-refractivity contribution in [3.63, 3.8) is 0 Å². The van der Waals surface area contributed by atoms with Crippen molar-refractivity contribution in [2.24, 2.45) is 0 Å². The highest BCUT2D eigenvalue weighted by molar-refractivity contribution is 7.99. The number of halogens is 3. The molecule has 1 aromatic carbocycles. The van der Waals surface area contributed by atoms with Crippen LogP contribution in [0.2, 0.25) is 15.1 Å². The van der Waals surface area contributed by atoms with E-state index in [2.05, 4.69) is 15.3 Å². The molecule has 0 amide bonds. The molecule has 1 saturated heterocycles. The summed E-state index contributed by atoms with van der Waals surface area (Å²) in [5.41, 5.74) is 0.103. The highest BCUT2D eigenvalue weighted by Crippen LogP contribution is 2.42. The summed E-state index contributed by atoms with van der Waals surface area (Å²) in [6.07, 6.45) is 1.50. The van der Waals surface area contributed by atoms with Crippen LogP contribution in [-0.2, 0) is 33.3 Å². The number of thioether (sulfide) groups is 1. The van der Waals surface area contributed by atoms with Gasteiger partial charge in [-0.2, -0.15) is 0 Å². The third-order valence-electron chi connectivity index (χ3n) is 5.63. The van der Waals surface area contributed by atoms with E-state index in [4.69, 9.17) is 53.8 Å². The van der Waals surface area contributed by atoms with Crippen molar-refractivity contribution >= 4 is 64.5 Å². The summed E-state index contributed by atoms with van der Waals surface area (Å²) < 4.78 is 24.3. The average Bonchev–Trinajstić information content (AvgIpc) is 3.36. The molecule has 212 valence electrons. The fraction of sp³-hybridized carbons (Fsp3) is 0.360. The standard InChI is InChI=1S/C25H23Cl3N4O7S/c1-12(33)36-11-21-23(37-13(2)34)22(32-10-20(30-31-32)15-6-16(26)9-29-8-15)24(38-14(3)35)25(39-21)40-17-4-5-18(27)19(28)7-17/h4-10,21-25H,11H2,1-3H3. The second kappa shape index (κ2) is 13.2. The van der Waals surface area contributed by atoms with E-state index in [1.165, 1.54) is 43.4 Å². The first-order chi connectivity index (χ1) is 19.0. The minimum Gasteiger partial charge on any atom is -0.463 e. The Morgan fingerprint density at radius 3 is 2.35 bits per heavy atom. The maximum Gasteiger partial charge on any atom is 0.303 e. The molecule has 0 N–H and O–H groups in total.